The van der Waals surface area contributed by atoms with Crippen LogP contribution in [0.15, 0.2) is 30.3 Å². The maximum absolute atomic E-state index is 12.0. The minimum atomic E-state index is 0.125. The number of nitrogens with one attached hydrogen (secondary N) is 2. The average Bonchev–Trinajstić information content (AvgIpc) is 2.47. The molecule has 1 aliphatic carbocycles. The van der Waals surface area contributed by atoms with E-state index in [-0.39, 0.29) is 11.8 Å². The van der Waals surface area contributed by atoms with Gasteiger partial charge in [0.1, 0.15) is 5.82 Å². The van der Waals surface area contributed by atoms with Crippen LogP contribution < -0.4 is 15.5 Å². The molecule has 1 aromatic heterocycles. The Hall–Kier alpha value is -2.63. The molecule has 126 valence electrons. The number of rotatable bonds is 5. The summed E-state index contributed by atoms with van der Waals surface area (Å²) in [5, 5.41) is 6.17. The fraction of sp³-hybridized carbons (Fsp3) is 0.389. The third-order valence-electron chi connectivity index (χ3n) is 4.18. The van der Waals surface area contributed by atoms with Crippen LogP contribution in [0, 0.1) is 12.8 Å². The summed E-state index contributed by atoms with van der Waals surface area (Å²) in [6.07, 6.45) is 3.17. The van der Waals surface area contributed by atoms with Gasteiger partial charge >= 0.3 is 0 Å². The Balaban J connectivity index is 1.66. The second-order valence-corrected chi connectivity index (χ2v) is 6.40. The van der Waals surface area contributed by atoms with Crippen molar-refractivity contribution in [3.8, 4) is 0 Å². The Labute approximate surface area is 142 Å². The number of hydrogen-bond donors (Lipinski definition) is 2. The van der Waals surface area contributed by atoms with Gasteiger partial charge in [0, 0.05) is 43.1 Å². The van der Waals surface area contributed by atoms with Crippen molar-refractivity contribution in [1.82, 2.24) is 9.97 Å². The van der Waals surface area contributed by atoms with Crippen molar-refractivity contribution in [3.05, 3.63) is 36.0 Å². The lowest BCUT2D eigenvalue weighted by molar-refractivity contribution is -0.122. The predicted octanol–water partition coefficient (Wildman–Crippen LogP) is 3.33. The van der Waals surface area contributed by atoms with E-state index in [4.69, 9.17) is 0 Å². The van der Waals surface area contributed by atoms with Gasteiger partial charge in [0.2, 0.25) is 11.9 Å². The number of hydrogen-bond acceptors (Lipinski definition) is 5. The van der Waals surface area contributed by atoms with Gasteiger partial charge in [-0.3, -0.25) is 4.79 Å². The molecule has 0 radical (unpaired) electrons. The zero-order valence-electron chi connectivity index (χ0n) is 14.3. The maximum atomic E-state index is 12.0. The smallest absolute Gasteiger partial charge is 0.229 e. The number of carbonyl (C=O) groups is 1. The van der Waals surface area contributed by atoms with Crippen LogP contribution in [0.3, 0.4) is 0 Å². The Kier molecular flexibility index (Phi) is 4.64. The number of aromatic nitrogens is 2. The second-order valence-electron chi connectivity index (χ2n) is 6.40. The molecule has 0 spiro atoms. The number of amides is 1. The second kappa shape index (κ2) is 6.86. The van der Waals surface area contributed by atoms with E-state index >= 15 is 0 Å². The highest BCUT2D eigenvalue weighted by Crippen LogP contribution is 2.28. The minimum Gasteiger partial charge on any atom is -0.363 e. The molecule has 1 fully saturated rings. The van der Waals surface area contributed by atoms with Crippen LogP contribution in [-0.4, -0.2) is 30.0 Å². The van der Waals surface area contributed by atoms with Gasteiger partial charge in [-0.1, -0.05) is 6.42 Å². The first-order chi connectivity index (χ1) is 11.5. The monoisotopic (exact) mass is 325 g/mol. The van der Waals surface area contributed by atoms with Crippen LogP contribution in [0.1, 0.15) is 25.0 Å². The average molecular weight is 325 g/mol. The number of aryl methyl sites for hydroxylation is 1. The number of nitrogens with zero attached hydrogens (tertiary/aromatic N) is 3. The first kappa shape index (κ1) is 16.2. The number of anilines is 4. The highest BCUT2D eigenvalue weighted by atomic mass is 16.1. The molecular formula is C18H23N5O. The summed E-state index contributed by atoms with van der Waals surface area (Å²) in [4.78, 5) is 22.8. The quantitative estimate of drug-likeness (QED) is 0.882. The van der Waals surface area contributed by atoms with Crippen LogP contribution in [-0.2, 0) is 4.79 Å². The normalized spacial score (nSPS) is 14.0. The summed E-state index contributed by atoms with van der Waals surface area (Å²) in [7, 11) is 3.90. The van der Waals surface area contributed by atoms with Crippen LogP contribution in [0.4, 0.5) is 23.1 Å². The molecule has 6 heteroatoms. The summed E-state index contributed by atoms with van der Waals surface area (Å²) in [6, 6.07) is 9.54. The highest BCUT2D eigenvalue weighted by Gasteiger charge is 2.24. The van der Waals surface area contributed by atoms with Crippen molar-refractivity contribution in [2.45, 2.75) is 26.2 Å². The van der Waals surface area contributed by atoms with Gasteiger partial charge in [-0.25, -0.2) is 4.98 Å². The van der Waals surface area contributed by atoms with E-state index in [1.807, 2.05) is 56.3 Å². The minimum absolute atomic E-state index is 0.125. The van der Waals surface area contributed by atoms with Crippen molar-refractivity contribution in [2.75, 3.05) is 29.6 Å². The Morgan fingerprint density at radius 1 is 1.12 bits per heavy atom. The Morgan fingerprint density at radius 3 is 2.38 bits per heavy atom. The first-order valence-electron chi connectivity index (χ1n) is 8.22. The van der Waals surface area contributed by atoms with Gasteiger partial charge in [0.25, 0.3) is 0 Å². The molecule has 1 amide bonds. The topological polar surface area (TPSA) is 70.2 Å². The zero-order valence-corrected chi connectivity index (χ0v) is 14.3. The molecule has 1 saturated carbocycles. The van der Waals surface area contributed by atoms with Gasteiger partial charge in [0.15, 0.2) is 0 Å². The highest BCUT2D eigenvalue weighted by molar-refractivity contribution is 5.93. The summed E-state index contributed by atoms with van der Waals surface area (Å²) in [5.74, 6) is 1.73. The molecule has 1 heterocycles. The molecule has 0 saturated heterocycles. The number of benzene rings is 1. The van der Waals surface area contributed by atoms with E-state index in [0.29, 0.717) is 5.95 Å². The van der Waals surface area contributed by atoms with E-state index < -0.39 is 0 Å². The molecule has 24 heavy (non-hydrogen) atoms. The van der Waals surface area contributed by atoms with Crippen molar-refractivity contribution in [3.63, 3.8) is 0 Å². The summed E-state index contributed by atoms with van der Waals surface area (Å²) < 4.78 is 0. The maximum Gasteiger partial charge on any atom is 0.229 e. The molecule has 2 N–H and O–H groups in total. The van der Waals surface area contributed by atoms with Crippen LogP contribution >= 0.6 is 0 Å². The molecule has 1 aliphatic rings. The Morgan fingerprint density at radius 2 is 1.79 bits per heavy atom. The molecule has 3 rings (SSSR count). The third-order valence-corrected chi connectivity index (χ3v) is 4.18. The van der Waals surface area contributed by atoms with E-state index in [1.54, 1.807) is 0 Å². The molecule has 6 nitrogen and oxygen atoms in total. The fourth-order valence-electron chi connectivity index (χ4n) is 2.52. The number of carbonyl (C=O) groups excluding carboxylic acids is 1. The van der Waals surface area contributed by atoms with Crippen molar-refractivity contribution in [2.24, 2.45) is 5.92 Å². The van der Waals surface area contributed by atoms with E-state index in [0.717, 1.165) is 42.1 Å². The lowest BCUT2D eigenvalue weighted by Gasteiger charge is -2.24. The molecule has 0 aliphatic heterocycles. The lowest BCUT2D eigenvalue weighted by Crippen LogP contribution is -2.27. The summed E-state index contributed by atoms with van der Waals surface area (Å²) >= 11 is 0. The lowest BCUT2D eigenvalue weighted by atomic mass is 9.85. The largest absolute Gasteiger partial charge is 0.363 e. The molecular weight excluding hydrogens is 302 g/mol. The zero-order chi connectivity index (χ0) is 17.1. The summed E-state index contributed by atoms with van der Waals surface area (Å²) in [6.45, 7) is 1.94. The standard InChI is InChI=1S/C18H23N5O/c1-12-11-16(23(2)3)22-18(19-12)21-15-9-7-14(8-10-15)20-17(24)13-5-4-6-13/h7-11,13H,4-6H2,1-3H3,(H,20,24)(H,19,21,22). The van der Waals surface area contributed by atoms with Gasteiger partial charge in [0.05, 0.1) is 0 Å². The SMILES string of the molecule is Cc1cc(N(C)C)nc(Nc2ccc(NC(=O)C3CCC3)cc2)n1. The third kappa shape index (κ3) is 3.82. The fourth-order valence-corrected chi connectivity index (χ4v) is 2.52. The van der Waals surface area contributed by atoms with E-state index in [9.17, 15) is 4.79 Å². The summed E-state index contributed by atoms with van der Waals surface area (Å²) in [5.41, 5.74) is 2.60. The van der Waals surface area contributed by atoms with Gasteiger partial charge in [-0.05, 0) is 44.0 Å². The Bertz CT molecular complexity index is 723. The van der Waals surface area contributed by atoms with Crippen LogP contribution in [0.2, 0.25) is 0 Å². The van der Waals surface area contributed by atoms with Gasteiger partial charge < -0.3 is 15.5 Å². The van der Waals surface area contributed by atoms with Gasteiger partial charge in [-0.2, -0.15) is 4.98 Å². The molecule has 0 atom stereocenters. The first-order valence-corrected chi connectivity index (χ1v) is 8.22. The molecule has 2 aromatic rings. The molecule has 0 unspecified atom stereocenters. The van der Waals surface area contributed by atoms with Gasteiger partial charge in [-0.15, -0.1) is 0 Å². The van der Waals surface area contributed by atoms with E-state index in [2.05, 4.69) is 20.6 Å². The van der Waals surface area contributed by atoms with Crippen molar-refractivity contribution < 1.29 is 4.79 Å². The van der Waals surface area contributed by atoms with Crippen molar-refractivity contribution in [1.29, 1.82) is 0 Å². The van der Waals surface area contributed by atoms with Crippen molar-refractivity contribution >= 4 is 29.0 Å². The van der Waals surface area contributed by atoms with E-state index in [1.165, 1.54) is 0 Å². The van der Waals surface area contributed by atoms with Crippen LogP contribution in [0.5, 0.6) is 0 Å². The predicted molar refractivity (Wildman–Crippen MR) is 96.8 cm³/mol. The van der Waals surface area contributed by atoms with Crippen LogP contribution in [0.25, 0.3) is 0 Å². The molecule has 0 bridgehead atoms. The molecule has 1 aromatic carbocycles.